The van der Waals surface area contributed by atoms with Gasteiger partial charge in [-0.25, -0.2) is 0 Å². The second kappa shape index (κ2) is 20.8. The quantitative estimate of drug-likeness (QED) is 0.283. The fourth-order valence-electron chi connectivity index (χ4n) is 3.55. The van der Waals surface area contributed by atoms with Crippen LogP contribution in [0.5, 0.6) is 0 Å². The van der Waals surface area contributed by atoms with Gasteiger partial charge < -0.3 is 10.2 Å². The molecule has 0 spiro atoms. The predicted molar refractivity (Wildman–Crippen MR) is 115 cm³/mol. The van der Waals surface area contributed by atoms with Crippen LogP contribution in [-0.2, 0) is 9.59 Å². The van der Waals surface area contributed by atoms with E-state index in [9.17, 15) is 9.59 Å². The molecule has 0 atom stereocenters. The largest absolute Gasteiger partial charge is 0.387 e. The molecule has 0 saturated heterocycles. The van der Waals surface area contributed by atoms with E-state index in [1.54, 1.807) is 0 Å². The number of imide groups is 1. The average molecular weight is 400 g/mol. The van der Waals surface area contributed by atoms with Gasteiger partial charge in [-0.2, -0.15) is 0 Å². The topological polar surface area (TPSA) is 77.8 Å². The van der Waals surface area contributed by atoms with Crippen molar-refractivity contribution in [2.75, 3.05) is 19.8 Å². The molecular weight excluding hydrogens is 354 g/mol. The highest BCUT2D eigenvalue weighted by molar-refractivity contribution is 5.96. The van der Waals surface area contributed by atoms with Crippen LogP contribution in [0.3, 0.4) is 0 Å². The minimum Gasteiger partial charge on any atom is -0.387 e. The Bertz CT molecular complexity index is 358. The molecule has 0 aromatic carbocycles. The maximum atomic E-state index is 11.5. The van der Waals surface area contributed by atoms with E-state index in [0.29, 0.717) is 0 Å². The Hall–Kier alpha value is -0.940. The summed E-state index contributed by atoms with van der Waals surface area (Å²) < 4.78 is 0. The molecule has 0 bridgehead atoms. The van der Waals surface area contributed by atoms with Crippen LogP contribution < -0.4 is 0 Å². The van der Waals surface area contributed by atoms with E-state index in [2.05, 4.69) is 6.92 Å². The van der Waals surface area contributed by atoms with Gasteiger partial charge in [0.05, 0.1) is 0 Å². The van der Waals surface area contributed by atoms with Crippen molar-refractivity contribution in [2.24, 2.45) is 0 Å². The lowest BCUT2D eigenvalue weighted by molar-refractivity contribution is -0.148. The minimum atomic E-state index is -0.690. The summed E-state index contributed by atoms with van der Waals surface area (Å²) in [6.45, 7) is 1.17. The van der Waals surface area contributed by atoms with Crippen LogP contribution in [-0.4, -0.2) is 46.7 Å². The lowest BCUT2D eigenvalue weighted by Gasteiger charge is -2.18. The third kappa shape index (κ3) is 16.1. The summed E-state index contributed by atoms with van der Waals surface area (Å²) in [6.07, 6.45) is 21.8. The van der Waals surface area contributed by atoms with E-state index >= 15 is 0 Å². The van der Waals surface area contributed by atoms with Gasteiger partial charge >= 0.3 is 0 Å². The molecule has 0 aliphatic rings. The number of hydrogen-bond acceptors (Lipinski definition) is 4. The zero-order chi connectivity index (χ0) is 20.9. The first-order valence-electron chi connectivity index (χ1n) is 11.7. The van der Waals surface area contributed by atoms with Crippen LogP contribution in [0.2, 0.25) is 0 Å². The van der Waals surface area contributed by atoms with Crippen molar-refractivity contribution < 1.29 is 19.8 Å². The number of aliphatic hydroxyl groups excluding tert-OH is 2. The van der Waals surface area contributed by atoms with Gasteiger partial charge in [0.2, 0.25) is 0 Å². The fourth-order valence-corrected chi connectivity index (χ4v) is 3.55. The molecule has 0 radical (unpaired) electrons. The summed E-state index contributed by atoms with van der Waals surface area (Å²) in [6, 6.07) is 0. The molecule has 166 valence electrons. The second-order valence-electron chi connectivity index (χ2n) is 7.91. The Morgan fingerprint density at radius 1 is 0.536 bits per heavy atom. The fraction of sp³-hybridized carbons (Fsp3) is 0.913. The minimum absolute atomic E-state index is 0.289. The first-order valence-corrected chi connectivity index (χ1v) is 11.7. The molecule has 28 heavy (non-hydrogen) atoms. The lowest BCUT2D eigenvalue weighted by atomic mass is 10.0. The Balaban J connectivity index is 3.35. The zero-order valence-electron chi connectivity index (χ0n) is 18.3. The summed E-state index contributed by atoms with van der Waals surface area (Å²) in [5.41, 5.74) is 0. The zero-order valence-corrected chi connectivity index (χ0v) is 18.3. The third-order valence-corrected chi connectivity index (χ3v) is 5.36. The van der Waals surface area contributed by atoms with Crippen LogP contribution in [0.15, 0.2) is 0 Å². The number of rotatable bonds is 20. The van der Waals surface area contributed by atoms with E-state index < -0.39 is 25.0 Å². The Kier molecular flexibility index (Phi) is 20.1. The van der Waals surface area contributed by atoms with Crippen molar-refractivity contribution in [3.8, 4) is 0 Å². The van der Waals surface area contributed by atoms with Crippen molar-refractivity contribution in [2.45, 2.75) is 116 Å². The van der Waals surface area contributed by atoms with Gasteiger partial charge in [0, 0.05) is 6.54 Å². The number of carbonyl (C=O) groups is 2. The summed E-state index contributed by atoms with van der Waals surface area (Å²) >= 11 is 0. The van der Waals surface area contributed by atoms with Crippen molar-refractivity contribution in [3.05, 3.63) is 0 Å². The molecule has 5 nitrogen and oxygen atoms in total. The highest BCUT2D eigenvalue weighted by atomic mass is 16.3. The summed E-state index contributed by atoms with van der Waals surface area (Å²) in [4.78, 5) is 23.9. The van der Waals surface area contributed by atoms with Gasteiger partial charge in [-0.1, -0.05) is 110 Å². The maximum Gasteiger partial charge on any atom is 0.254 e. The van der Waals surface area contributed by atoms with Gasteiger partial charge in [0.25, 0.3) is 11.8 Å². The molecule has 0 fully saturated rings. The predicted octanol–water partition coefficient (Wildman–Crippen LogP) is 4.98. The van der Waals surface area contributed by atoms with Gasteiger partial charge in [-0.05, 0) is 6.42 Å². The van der Waals surface area contributed by atoms with E-state index in [4.69, 9.17) is 10.2 Å². The van der Waals surface area contributed by atoms with E-state index in [0.717, 1.165) is 24.2 Å². The molecule has 5 heteroatoms. The number of carbonyl (C=O) groups excluding carboxylic acids is 2. The SMILES string of the molecule is CCCCCCCCCCCCCCCCCCCN(C(=O)CO)C(=O)CO. The van der Waals surface area contributed by atoms with Crippen molar-refractivity contribution in [1.82, 2.24) is 4.90 Å². The molecular formula is C23H45NO4. The summed E-state index contributed by atoms with van der Waals surface area (Å²) in [7, 11) is 0. The third-order valence-electron chi connectivity index (χ3n) is 5.36. The molecule has 2 N–H and O–H groups in total. The van der Waals surface area contributed by atoms with Crippen LogP contribution in [0.25, 0.3) is 0 Å². The molecule has 0 heterocycles. The second-order valence-corrected chi connectivity index (χ2v) is 7.91. The van der Waals surface area contributed by atoms with Crippen LogP contribution in [0, 0.1) is 0 Å². The Labute approximate surface area is 172 Å². The van der Waals surface area contributed by atoms with Crippen molar-refractivity contribution >= 4 is 11.8 Å². The molecule has 0 aromatic rings. The standard InChI is InChI=1S/C23H45NO4/c1-2-3-4-5-6-7-8-9-10-11-12-13-14-15-16-17-18-19-24(22(27)20-25)23(28)21-26/h25-26H,2-21H2,1H3. The van der Waals surface area contributed by atoms with Crippen LogP contribution in [0.4, 0.5) is 0 Å². The first kappa shape index (κ1) is 27.1. The van der Waals surface area contributed by atoms with Crippen LogP contribution >= 0.6 is 0 Å². The monoisotopic (exact) mass is 399 g/mol. The van der Waals surface area contributed by atoms with E-state index in [1.807, 2.05) is 0 Å². The van der Waals surface area contributed by atoms with Gasteiger partial charge in [0.15, 0.2) is 0 Å². The van der Waals surface area contributed by atoms with Gasteiger partial charge in [-0.15, -0.1) is 0 Å². The average Bonchev–Trinajstić information content (AvgIpc) is 2.72. The lowest BCUT2D eigenvalue weighted by Crippen LogP contribution is -2.41. The number of hydrogen-bond donors (Lipinski definition) is 2. The smallest absolute Gasteiger partial charge is 0.254 e. The summed E-state index contributed by atoms with van der Waals surface area (Å²) in [5, 5.41) is 17.7. The molecule has 0 rings (SSSR count). The molecule has 0 aliphatic carbocycles. The van der Waals surface area contributed by atoms with E-state index in [-0.39, 0.29) is 6.54 Å². The number of amides is 2. The maximum absolute atomic E-state index is 11.5. The first-order chi connectivity index (χ1) is 13.7. The molecule has 2 amide bonds. The Morgan fingerprint density at radius 2 is 0.821 bits per heavy atom. The van der Waals surface area contributed by atoms with Gasteiger partial charge in [-0.3, -0.25) is 14.5 Å². The molecule has 0 saturated carbocycles. The van der Waals surface area contributed by atoms with Crippen molar-refractivity contribution in [3.63, 3.8) is 0 Å². The Morgan fingerprint density at radius 3 is 1.11 bits per heavy atom. The highest BCUT2D eigenvalue weighted by Crippen LogP contribution is 2.14. The number of aliphatic hydroxyl groups is 2. The molecule has 0 aliphatic heterocycles. The van der Waals surface area contributed by atoms with Gasteiger partial charge in [0.1, 0.15) is 13.2 Å². The molecule has 0 aromatic heterocycles. The normalized spacial score (nSPS) is 11.0. The van der Waals surface area contributed by atoms with Crippen molar-refractivity contribution in [1.29, 1.82) is 0 Å². The van der Waals surface area contributed by atoms with Crippen LogP contribution in [0.1, 0.15) is 116 Å². The number of unbranched alkanes of at least 4 members (excludes halogenated alkanes) is 16. The number of nitrogens with zero attached hydrogens (tertiary/aromatic N) is 1. The summed E-state index contributed by atoms with van der Waals surface area (Å²) in [5.74, 6) is -1.26. The molecule has 0 unspecified atom stereocenters. The van der Waals surface area contributed by atoms with E-state index in [1.165, 1.54) is 89.9 Å². The highest BCUT2D eigenvalue weighted by Gasteiger charge is 2.18.